The van der Waals surface area contributed by atoms with Crippen LogP contribution >= 0.6 is 0 Å². The van der Waals surface area contributed by atoms with E-state index in [-0.39, 0.29) is 11.7 Å². The smallest absolute Gasteiger partial charge is 0.339 e. The molecule has 0 saturated carbocycles. The lowest BCUT2D eigenvalue weighted by Gasteiger charge is -2.07. The van der Waals surface area contributed by atoms with Gasteiger partial charge in [-0.3, -0.25) is 0 Å². The summed E-state index contributed by atoms with van der Waals surface area (Å²) < 4.78 is 6.81. The van der Waals surface area contributed by atoms with Gasteiger partial charge >= 0.3 is 5.97 Å². The Balaban J connectivity index is 2.45. The standard InChI is InChI=1S/C10H11N3O3/c1-6(2)16-9-5-13-8(4-11-9)7(3-12-13)10(14)15/h3-6H,1-2H3,(H,14,15). The molecule has 0 aromatic carbocycles. The fourth-order valence-corrected chi connectivity index (χ4v) is 1.33. The van der Waals surface area contributed by atoms with Gasteiger partial charge in [0.15, 0.2) is 0 Å². The normalized spacial score (nSPS) is 10.9. The van der Waals surface area contributed by atoms with Gasteiger partial charge in [-0.25, -0.2) is 14.3 Å². The van der Waals surface area contributed by atoms with Crippen molar-refractivity contribution in [3.05, 3.63) is 24.2 Å². The van der Waals surface area contributed by atoms with E-state index in [9.17, 15) is 4.79 Å². The van der Waals surface area contributed by atoms with E-state index in [1.165, 1.54) is 16.9 Å². The maximum atomic E-state index is 10.8. The van der Waals surface area contributed by atoms with Crippen LogP contribution in [-0.2, 0) is 0 Å². The minimum Gasteiger partial charge on any atom is -0.478 e. The number of hydrogen-bond donors (Lipinski definition) is 1. The molecule has 6 nitrogen and oxygen atoms in total. The predicted octanol–water partition coefficient (Wildman–Crippen LogP) is 1.21. The molecule has 6 heteroatoms. The number of hydrogen-bond acceptors (Lipinski definition) is 4. The molecule has 16 heavy (non-hydrogen) atoms. The monoisotopic (exact) mass is 221 g/mol. The van der Waals surface area contributed by atoms with Gasteiger partial charge in [0.05, 0.1) is 30.2 Å². The average Bonchev–Trinajstić information content (AvgIpc) is 2.59. The van der Waals surface area contributed by atoms with E-state index in [1.807, 2.05) is 13.8 Å². The van der Waals surface area contributed by atoms with Crippen LogP contribution in [0, 0.1) is 0 Å². The zero-order valence-corrected chi connectivity index (χ0v) is 8.91. The minimum absolute atomic E-state index is 0.0134. The summed E-state index contributed by atoms with van der Waals surface area (Å²) in [7, 11) is 0. The second-order valence-electron chi connectivity index (χ2n) is 3.59. The third-order valence-electron chi connectivity index (χ3n) is 1.97. The van der Waals surface area contributed by atoms with Crippen LogP contribution in [0.5, 0.6) is 5.88 Å². The number of aromatic nitrogens is 3. The van der Waals surface area contributed by atoms with E-state index in [1.54, 1.807) is 6.20 Å². The summed E-state index contributed by atoms with van der Waals surface area (Å²) >= 11 is 0. The SMILES string of the molecule is CC(C)Oc1cn2ncc(C(=O)O)c2cn1. The van der Waals surface area contributed by atoms with E-state index >= 15 is 0 Å². The summed E-state index contributed by atoms with van der Waals surface area (Å²) in [6.45, 7) is 3.77. The van der Waals surface area contributed by atoms with Crippen LogP contribution in [-0.4, -0.2) is 31.8 Å². The van der Waals surface area contributed by atoms with E-state index in [0.717, 1.165) is 0 Å². The molecule has 0 radical (unpaired) electrons. The van der Waals surface area contributed by atoms with Gasteiger partial charge in [0, 0.05) is 0 Å². The molecule has 2 aromatic heterocycles. The first-order valence-corrected chi connectivity index (χ1v) is 4.81. The number of ether oxygens (including phenoxy) is 1. The lowest BCUT2D eigenvalue weighted by molar-refractivity contribution is 0.0699. The Morgan fingerprint density at radius 2 is 2.25 bits per heavy atom. The lowest BCUT2D eigenvalue weighted by Crippen LogP contribution is -2.08. The summed E-state index contributed by atoms with van der Waals surface area (Å²) in [6.07, 6.45) is 4.30. The first kappa shape index (κ1) is 10.4. The second-order valence-corrected chi connectivity index (χ2v) is 3.59. The van der Waals surface area contributed by atoms with Crippen LogP contribution in [0.15, 0.2) is 18.6 Å². The molecule has 0 aliphatic carbocycles. The maximum Gasteiger partial charge on any atom is 0.339 e. The summed E-state index contributed by atoms with van der Waals surface area (Å²) in [5.74, 6) is -0.600. The molecule has 2 aromatic rings. The number of carboxylic acids is 1. The van der Waals surface area contributed by atoms with Crippen LogP contribution in [0.25, 0.3) is 5.52 Å². The topological polar surface area (TPSA) is 76.7 Å². The van der Waals surface area contributed by atoms with Crippen LogP contribution in [0.3, 0.4) is 0 Å². The molecule has 0 aliphatic heterocycles. The summed E-state index contributed by atoms with van der Waals surface area (Å²) in [5.41, 5.74) is 0.576. The summed E-state index contributed by atoms with van der Waals surface area (Å²) in [6, 6.07) is 0. The van der Waals surface area contributed by atoms with Crippen molar-refractivity contribution in [1.82, 2.24) is 14.6 Å². The van der Waals surface area contributed by atoms with Gasteiger partial charge in [0.1, 0.15) is 5.56 Å². The van der Waals surface area contributed by atoms with Crippen molar-refractivity contribution in [1.29, 1.82) is 0 Å². The zero-order valence-electron chi connectivity index (χ0n) is 8.91. The van der Waals surface area contributed by atoms with Crippen molar-refractivity contribution in [2.24, 2.45) is 0 Å². The Morgan fingerprint density at radius 1 is 1.50 bits per heavy atom. The van der Waals surface area contributed by atoms with Crippen molar-refractivity contribution in [2.45, 2.75) is 20.0 Å². The molecule has 0 saturated heterocycles. The molecule has 84 valence electrons. The molecule has 0 unspecified atom stereocenters. The van der Waals surface area contributed by atoms with Gasteiger partial charge in [0.2, 0.25) is 5.88 Å². The molecule has 0 aliphatic rings. The molecule has 0 spiro atoms. The molecule has 0 bridgehead atoms. The molecule has 0 fully saturated rings. The highest BCUT2D eigenvalue weighted by Crippen LogP contribution is 2.14. The van der Waals surface area contributed by atoms with E-state index in [2.05, 4.69) is 10.1 Å². The maximum absolute atomic E-state index is 10.8. The molecular formula is C10H11N3O3. The van der Waals surface area contributed by atoms with Gasteiger partial charge in [0.25, 0.3) is 0 Å². The highest BCUT2D eigenvalue weighted by atomic mass is 16.5. The molecule has 1 N–H and O–H groups in total. The second kappa shape index (κ2) is 3.80. The van der Waals surface area contributed by atoms with Crippen LogP contribution in [0.4, 0.5) is 0 Å². The predicted molar refractivity (Wildman–Crippen MR) is 55.7 cm³/mol. The lowest BCUT2D eigenvalue weighted by atomic mass is 10.3. The van der Waals surface area contributed by atoms with E-state index in [0.29, 0.717) is 11.4 Å². The quantitative estimate of drug-likeness (QED) is 0.843. The first-order chi connectivity index (χ1) is 7.58. The van der Waals surface area contributed by atoms with Crippen LogP contribution in [0.1, 0.15) is 24.2 Å². The van der Waals surface area contributed by atoms with Crippen LogP contribution in [0.2, 0.25) is 0 Å². The average molecular weight is 221 g/mol. The third-order valence-corrected chi connectivity index (χ3v) is 1.97. The van der Waals surface area contributed by atoms with Crippen molar-refractivity contribution in [3.8, 4) is 5.88 Å². The Morgan fingerprint density at radius 3 is 2.88 bits per heavy atom. The number of rotatable bonds is 3. The zero-order chi connectivity index (χ0) is 11.7. The number of carboxylic acid groups (broad SMARTS) is 1. The van der Waals surface area contributed by atoms with Crippen molar-refractivity contribution in [2.75, 3.05) is 0 Å². The van der Waals surface area contributed by atoms with Crippen molar-refractivity contribution < 1.29 is 14.6 Å². The summed E-state index contributed by atoms with van der Waals surface area (Å²) in [4.78, 5) is 14.8. The molecule has 0 amide bonds. The van der Waals surface area contributed by atoms with Crippen molar-refractivity contribution in [3.63, 3.8) is 0 Å². The number of fused-ring (bicyclic) bond motifs is 1. The highest BCUT2D eigenvalue weighted by Gasteiger charge is 2.12. The Bertz CT molecular complexity index is 533. The Labute approximate surface area is 91.5 Å². The molecule has 2 rings (SSSR count). The Hall–Kier alpha value is -2.11. The number of nitrogens with zero attached hydrogens (tertiary/aromatic N) is 3. The highest BCUT2D eigenvalue weighted by molar-refractivity contribution is 5.95. The minimum atomic E-state index is -1.02. The molecule has 2 heterocycles. The van der Waals surface area contributed by atoms with Gasteiger partial charge in [-0.15, -0.1) is 0 Å². The number of aromatic carboxylic acids is 1. The molecule has 0 atom stereocenters. The van der Waals surface area contributed by atoms with E-state index in [4.69, 9.17) is 9.84 Å². The first-order valence-electron chi connectivity index (χ1n) is 4.81. The van der Waals surface area contributed by atoms with Crippen LogP contribution < -0.4 is 4.74 Å². The van der Waals surface area contributed by atoms with E-state index < -0.39 is 5.97 Å². The Kier molecular flexibility index (Phi) is 2.47. The third kappa shape index (κ3) is 1.81. The van der Waals surface area contributed by atoms with Gasteiger partial charge in [-0.05, 0) is 13.8 Å². The largest absolute Gasteiger partial charge is 0.478 e. The fraction of sp³-hybridized carbons (Fsp3) is 0.300. The number of carbonyl (C=O) groups is 1. The fourth-order valence-electron chi connectivity index (χ4n) is 1.33. The van der Waals surface area contributed by atoms with Gasteiger partial charge in [-0.1, -0.05) is 0 Å². The summed E-state index contributed by atoms with van der Waals surface area (Å²) in [5, 5.41) is 12.8. The van der Waals surface area contributed by atoms with Crippen molar-refractivity contribution >= 4 is 11.5 Å². The van der Waals surface area contributed by atoms with Gasteiger partial charge < -0.3 is 9.84 Å². The molecular weight excluding hydrogens is 210 g/mol. The van der Waals surface area contributed by atoms with Gasteiger partial charge in [-0.2, -0.15) is 5.10 Å².